The first kappa shape index (κ1) is 16.7. The maximum Gasteiger partial charge on any atom is 0.311 e. The normalized spacial score (nSPS) is 11.6. The molecule has 0 radical (unpaired) electrons. The van der Waals surface area contributed by atoms with E-state index in [1.165, 1.54) is 0 Å². The number of rotatable bonds is 8. The minimum atomic E-state index is -0.882. The summed E-state index contributed by atoms with van der Waals surface area (Å²) in [7, 11) is 3.14. The SMILES string of the molecule is COc1cccc(OCCC(C(=O)O)c2cccc(OC)c2)c1. The van der Waals surface area contributed by atoms with Crippen molar-refractivity contribution in [1.82, 2.24) is 0 Å². The Hall–Kier alpha value is -2.69. The lowest BCUT2D eigenvalue weighted by Crippen LogP contribution is -2.15. The second kappa shape index (κ2) is 8.08. The molecule has 2 aromatic carbocycles. The highest BCUT2D eigenvalue weighted by Gasteiger charge is 2.20. The molecule has 122 valence electrons. The van der Waals surface area contributed by atoms with Gasteiger partial charge in [-0.05, 0) is 36.2 Å². The third-order valence-corrected chi connectivity index (χ3v) is 3.51. The summed E-state index contributed by atoms with van der Waals surface area (Å²) in [4.78, 5) is 11.5. The van der Waals surface area contributed by atoms with Crippen molar-refractivity contribution in [2.75, 3.05) is 20.8 Å². The Balaban J connectivity index is 2.01. The fourth-order valence-corrected chi connectivity index (χ4v) is 2.28. The van der Waals surface area contributed by atoms with Crippen molar-refractivity contribution >= 4 is 5.97 Å². The van der Waals surface area contributed by atoms with Gasteiger partial charge in [0.1, 0.15) is 17.2 Å². The topological polar surface area (TPSA) is 65.0 Å². The van der Waals surface area contributed by atoms with E-state index >= 15 is 0 Å². The Bertz CT molecular complexity index is 653. The van der Waals surface area contributed by atoms with Crippen LogP contribution in [-0.2, 0) is 4.79 Å². The van der Waals surface area contributed by atoms with Gasteiger partial charge in [-0.15, -0.1) is 0 Å². The van der Waals surface area contributed by atoms with E-state index in [2.05, 4.69) is 0 Å². The first-order valence-electron chi connectivity index (χ1n) is 7.27. The lowest BCUT2D eigenvalue weighted by atomic mass is 9.96. The van der Waals surface area contributed by atoms with Gasteiger partial charge in [-0.1, -0.05) is 18.2 Å². The van der Waals surface area contributed by atoms with Crippen molar-refractivity contribution in [3.05, 3.63) is 54.1 Å². The molecule has 23 heavy (non-hydrogen) atoms. The molecule has 5 heteroatoms. The molecule has 1 N–H and O–H groups in total. The second-order valence-corrected chi connectivity index (χ2v) is 4.98. The van der Waals surface area contributed by atoms with E-state index in [9.17, 15) is 9.90 Å². The Labute approximate surface area is 135 Å². The fourth-order valence-electron chi connectivity index (χ4n) is 2.28. The summed E-state index contributed by atoms with van der Waals surface area (Å²) in [6, 6.07) is 14.3. The average molecular weight is 316 g/mol. The van der Waals surface area contributed by atoms with E-state index in [1.807, 2.05) is 18.2 Å². The third kappa shape index (κ3) is 4.64. The molecule has 0 heterocycles. The molecule has 0 spiro atoms. The van der Waals surface area contributed by atoms with Crippen LogP contribution in [0.2, 0.25) is 0 Å². The number of ether oxygens (including phenoxy) is 3. The summed E-state index contributed by atoms with van der Waals surface area (Å²) in [5.41, 5.74) is 0.700. The van der Waals surface area contributed by atoms with Gasteiger partial charge in [0.05, 0.1) is 26.7 Å². The standard InChI is InChI=1S/C18H20O5/c1-21-14-6-3-5-13(11-14)17(18(19)20)9-10-23-16-8-4-7-15(12-16)22-2/h3-8,11-12,17H,9-10H2,1-2H3,(H,19,20). The number of carboxylic acids is 1. The van der Waals surface area contributed by atoms with Crippen LogP contribution in [0.3, 0.4) is 0 Å². The summed E-state index contributed by atoms with van der Waals surface area (Å²) in [5, 5.41) is 9.45. The van der Waals surface area contributed by atoms with Gasteiger partial charge < -0.3 is 19.3 Å². The quantitative estimate of drug-likeness (QED) is 0.809. The highest BCUT2D eigenvalue weighted by Crippen LogP contribution is 2.25. The molecule has 1 atom stereocenters. The number of carboxylic acid groups (broad SMARTS) is 1. The Kier molecular flexibility index (Phi) is 5.86. The van der Waals surface area contributed by atoms with Gasteiger partial charge in [-0.2, -0.15) is 0 Å². The molecular weight excluding hydrogens is 296 g/mol. The first-order chi connectivity index (χ1) is 11.1. The van der Waals surface area contributed by atoms with E-state index in [4.69, 9.17) is 14.2 Å². The van der Waals surface area contributed by atoms with E-state index in [-0.39, 0.29) is 0 Å². The minimum absolute atomic E-state index is 0.293. The molecular formula is C18H20O5. The van der Waals surface area contributed by atoms with Gasteiger partial charge in [0.15, 0.2) is 0 Å². The van der Waals surface area contributed by atoms with E-state index in [0.717, 1.165) is 0 Å². The summed E-state index contributed by atoms with van der Waals surface area (Å²) < 4.78 is 15.9. The molecule has 0 saturated carbocycles. The van der Waals surface area contributed by atoms with Gasteiger partial charge in [-0.25, -0.2) is 0 Å². The second-order valence-electron chi connectivity index (χ2n) is 4.98. The van der Waals surface area contributed by atoms with Crippen molar-refractivity contribution in [1.29, 1.82) is 0 Å². The van der Waals surface area contributed by atoms with Crippen molar-refractivity contribution < 1.29 is 24.1 Å². The van der Waals surface area contributed by atoms with Gasteiger partial charge in [0.2, 0.25) is 0 Å². The number of aliphatic carboxylic acids is 1. The predicted molar refractivity (Wildman–Crippen MR) is 86.5 cm³/mol. The molecule has 2 aromatic rings. The van der Waals surface area contributed by atoms with Crippen LogP contribution in [0.4, 0.5) is 0 Å². The van der Waals surface area contributed by atoms with Crippen molar-refractivity contribution in [3.8, 4) is 17.2 Å². The van der Waals surface area contributed by atoms with Gasteiger partial charge in [-0.3, -0.25) is 4.79 Å². The number of hydrogen-bond acceptors (Lipinski definition) is 4. The van der Waals surface area contributed by atoms with Crippen molar-refractivity contribution in [2.45, 2.75) is 12.3 Å². The molecule has 1 unspecified atom stereocenters. The van der Waals surface area contributed by atoms with E-state index in [0.29, 0.717) is 35.8 Å². The van der Waals surface area contributed by atoms with Gasteiger partial charge in [0, 0.05) is 6.07 Å². The van der Waals surface area contributed by atoms with E-state index in [1.54, 1.807) is 44.6 Å². The van der Waals surface area contributed by atoms with Crippen LogP contribution in [0.25, 0.3) is 0 Å². The maximum absolute atomic E-state index is 11.5. The maximum atomic E-state index is 11.5. The fraction of sp³-hybridized carbons (Fsp3) is 0.278. The van der Waals surface area contributed by atoms with E-state index < -0.39 is 11.9 Å². The number of benzene rings is 2. The molecule has 0 fully saturated rings. The first-order valence-corrected chi connectivity index (χ1v) is 7.27. The van der Waals surface area contributed by atoms with Crippen LogP contribution in [-0.4, -0.2) is 31.9 Å². The molecule has 0 aromatic heterocycles. The Morgan fingerprint density at radius 2 is 1.61 bits per heavy atom. The summed E-state index contributed by atoms with van der Waals surface area (Å²) >= 11 is 0. The van der Waals surface area contributed by atoms with Crippen LogP contribution in [0.1, 0.15) is 17.9 Å². The zero-order chi connectivity index (χ0) is 16.7. The smallest absolute Gasteiger partial charge is 0.311 e. The molecule has 0 amide bonds. The number of carbonyl (C=O) groups is 1. The molecule has 2 rings (SSSR count). The predicted octanol–water partition coefficient (Wildman–Crippen LogP) is 3.34. The molecule has 0 aliphatic heterocycles. The molecule has 0 aliphatic rings. The van der Waals surface area contributed by atoms with Crippen LogP contribution in [0, 0.1) is 0 Å². The number of methoxy groups -OCH3 is 2. The zero-order valence-electron chi connectivity index (χ0n) is 13.2. The van der Waals surface area contributed by atoms with Gasteiger partial charge in [0.25, 0.3) is 0 Å². The largest absolute Gasteiger partial charge is 0.497 e. The highest BCUT2D eigenvalue weighted by atomic mass is 16.5. The van der Waals surface area contributed by atoms with Crippen LogP contribution in [0.5, 0.6) is 17.2 Å². The average Bonchev–Trinajstić information content (AvgIpc) is 2.58. The van der Waals surface area contributed by atoms with Crippen molar-refractivity contribution in [3.63, 3.8) is 0 Å². The van der Waals surface area contributed by atoms with Crippen LogP contribution >= 0.6 is 0 Å². The Morgan fingerprint density at radius 3 is 2.26 bits per heavy atom. The molecule has 5 nitrogen and oxygen atoms in total. The molecule has 0 saturated heterocycles. The van der Waals surface area contributed by atoms with Crippen LogP contribution < -0.4 is 14.2 Å². The summed E-state index contributed by atoms with van der Waals surface area (Å²) in [6.45, 7) is 0.293. The molecule has 0 aliphatic carbocycles. The summed E-state index contributed by atoms with van der Waals surface area (Å²) in [6.07, 6.45) is 0.361. The number of hydrogen-bond donors (Lipinski definition) is 1. The summed E-state index contributed by atoms with van der Waals surface area (Å²) in [5.74, 6) is 0.467. The monoisotopic (exact) mass is 316 g/mol. The highest BCUT2D eigenvalue weighted by molar-refractivity contribution is 5.76. The molecule has 0 bridgehead atoms. The Morgan fingerprint density at radius 1 is 1.00 bits per heavy atom. The zero-order valence-corrected chi connectivity index (χ0v) is 13.2. The van der Waals surface area contributed by atoms with Gasteiger partial charge >= 0.3 is 5.97 Å². The lowest BCUT2D eigenvalue weighted by Gasteiger charge is -2.14. The van der Waals surface area contributed by atoms with Crippen molar-refractivity contribution in [2.24, 2.45) is 0 Å². The van der Waals surface area contributed by atoms with Crippen LogP contribution in [0.15, 0.2) is 48.5 Å². The minimum Gasteiger partial charge on any atom is -0.497 e. The third-order valence-electron chi connectivity index (χ3n) is 3.51. The lowest BCUT2D eigenvalue weighted by molar-refractivity contribution is -0.139.